The van der Waals surface area contributed by atoms with Crippen molar-refractivity contribution in [2.75, 3.05) is 45.9 Å². The van der Waals surface area contributed by atoms with Crippen LogP contribution in [0.3, 0.4) is 0 Å². The number of benzene rings is 1. The lowest BCUT2D eigenvalue weighted by Crippen LogP contribution is -2.48. The number of ether oxygens (including phenoxy) is 1. The van der Waals surface area contributed by atoms with E-state index in [4.69, 9.17) is 4.74 Å². The van der Waals surface area contributed by atoms with E-state index in [1.807, 2.05) is 13.8 Å². The lowest BCUT2D eigenvalue weighted by atomic mass is 10.1. The highest BCUT2D eigenvalue weighted by Crippen LogP contribution is 2.18. The molecule has 1 unspecified atom stereocenters. The fraction of sp³-hybridized carbons (Fsp3) is 0.647. The van der Waals surface area contributed by atoms with Crippen LogP contribution in [0.15, 0.2) is 18.2 Å². The van der Waals surface area contributed by atoms with E-state index in [1.54, 1.807) is 0 Å². The first-order valence-corrected chi connectivity index (χ1v) is 8.15. The molecule has 0 radical (unpaired) electrons. The summed E-state index contributed by atoms with van der Waals surface area (Å²) in [6.07, 6.45) is -0.552. The number of hydrogen-bond acceptors (Lipinski definition) is 4. The zero-order valence-corrected chi connectivity index (χ0v) is 13.8. The minimum Gasteiger partial charge on any atom is -0.387 e. The molecule has 2 rings (SSSR count). The Bertz CT molecular complexity index is 491. The van der Waals surface area contributed by atoms with Crippen molar-refractivity contribution in [2.24, 2.45) is 0 Å². The smallest absolute Gasteiger partial charge is 0.159 e. The average molecular weight is 328 g/mol. The van der Waals surface area contributed by atoms with Crippen LogP contribution in [0.4, 0.5) is 8.78 Å². The molecular weight excluding hydrogens is 302 g/mol. The van der Waals surface area contributed by atoms with Gasteiger partial charge < -0.3 is 9.84 Å². The van der Waals surface area contributed by atoms with Gasteiger partial charge in [-0.1, -0.05) is 6.07 Å². The van der Waals surface area contributed by atoms with Crippen LogP contribution >= 0.6 is 0 Å². The normalized spacial score (nSPS) is 18.5. The van der Waals surface area contributed by atoms with E-state index >= 15 is 0 Å². The number of aliphatic hydroxyl groups excluding tert-OH is 1. The largest absolute Gasteiger partial charge is 0.387 e. The summed E-state index contributed by atoms with van der Waals surface area (Å²) in [5, 5.41) is 10.2. The fourth-order valence-electron chi connectivity index (χ4n) is 2.68. The van der Waals surface area contributed by atoms with E-state index in [-0.39, 0.29) is 6.10 Å². The molecule has 23 heavy (non-hydrogen) atoms. The molecular formula is C17H26F2N2O2. The van der Waals surface area contributed by atoms with E-state index in [2.05, 4.69) is 9.80 Å². The molecule has 1 N–H and O–H groups in total. The summed E-state index contributed by atoms with van der Waals surface area (Å²) in [4.78, 5) is 4.48. The van der Waals surface area contributed by atoms with E-state index in [9.17, 15) is 13.9 Å². The lowest BCUT2D eigenvalue weighted by Gasteiger charge is -2.35. The molecule has 6 heteroatoms. The Morgan fingerprint density at radius 3 is 2.35 bits per heavy atom. The van der Waals surface area contributed by atoms with E-state index < -0.39 is 17.7 Å². The molecule has 0 bridgehead atoms. The van der Waals surface area contributed by atoms with Crippen molar-refractivity contribution in [3.05, 3.63) is 35.4 Å². The molecule has 130 valence electrons. The standard InChI is InChI=1S/C17H26F2N2O2/c1-13(2)23-10-9-20-5-7-21(8-6-20)12-17(22)14-3-4-15(18)16(19)11-14/h3-4,11,13,17,22H,5-10,12H2,1-2H3. The Morgan fingerprint density at radius 2 is 1.74 bits per heavy atom. The Balaban J connectivity index is 1.74. The van der Waals surface area contributed by atoms with Crippen LogP contribution in [0.2, 0.25) is 0 Å². The summed E-state index contributed by atoms with van der Waals surface area (Å²) in [7, 11) is 0. The number of halogens is 2. The molecule has 0 spiro atoms. The van der Waals surface area contributed by atoms with E-state index in [0.717, 1.165) is 51.5 Å². The van der Waals surface area contributed by atoms with Crippen LogP contribution in [0.1, 0.15) is 25.5 Å². The minimum absolute atomic E-state index is 0.252. The van der Waals surface area contributed by atoms with E-state index in [1.165, 1.54) is 6.07 Å². The van der Waals surface area contributed by atoms with Gasteiger partial charge in [0.1, 0.15) is 0 Å². The lowest BCUT2D eigenvalue weighted by molar-refractivity contribution is 0.0347. The van der Waals surface area contributed by atoms with Gasteiger partial charge in [0.15, 0.2) is 11.6 Å². The third kappa shape index (κ3) is 5.80. The van der Waals surface area contributed by atoms with Crippen LogP contribution in [-0.2, 0) is 4.74 Å². The van der Waals surface area contributed by atoms with Gasteiger partial charge in [-0.15, -0.1) is 0 Å². The molecule has 1 saturated heterocycles. The van der Waals surface area contributed by atoms with Crippen LogP contribution in [0.25, 0.3) is 0 Å². The minimum atomic E-state index is -0.920. The number of nitrogens with zero attached hydrogens (tertiary/aromatic N) is 2. The van der Waals surface area contributed by atoms with Crippen molar-refractivity contribution in [3.8, 4) is 0 Å². The zero-order valence-electron chi connectivity index (χ0n) is 13.8. The molecule has 0 amide bonds. The summed E-state index contributed by atoms with van der Waals surface area (Å²) >= 11 is 0. The first kappa shape index (κ1) is 18.3. The van der Waals surface area contributed by atoms with Crippen molar-refractivity contribution >= 4 is 0 Å². The van der Waals surface area contributed by atoms with Crippen molar-refractivity contribution < 1.29 is 18.6 Å². The van der Waals surface area contributed by atoms with Crippen molar-refractivity contribution in [1.82, 2.24) is 9.80 Å². The van der Waals surface area contributed by atoms with Gasteiger partial charge in [-0.3, -0.25) is 9.80 Å². The number of aliphatic hydroxyl groups is 1. The molecule has 0 saturated carbocycles. The summed E-state index contributed by atoms with van der Waals surface area (Å²) in [6, 6.07) is 3.56. The van der Waals surface area contributed by atoms with Crippen LogP contribution in [0, 0.1) is 11.6 Å². The highest BCUT2D eigenvalue weighted by molar-refractivity contribution is 5.20. The SMILES string of the molecule is CC(C)OCCN1CCN(CC(O)c2ccc(F)c(F)c2)CC1. The molecule has 0 aliphatic carbocycles. The number of β-amino-alcohol motifs (C(OH)–C–C–N with tert-alkyl or cyclic N) is 1. The number of piperazine rings is 1. The van der Waals surface area contributed by atoms with Gasteiger partial charge >= 0.3 is 0 Å². The molecule has 1 atom stereocenters. The van der Waals surface area contributed by atoms with Crippen LogP contribution in [0.5, 0.6) is 0 Å². The Labute approximate surface area is 136 Å². The second kappa shape index (κ2) is 8.68. The third-order valence-electron chi connectivity index (χ3n) is 4.08. The van der Waals surface area contributed by atoms with Crippen molar-refractivity contribution in [2.45, 2.75) is 26.1 Å². The van der Waals surface area contributed by atoms with Gasteiger partial charge in [-0.2, -0.15) is 0 Å². The molecule has 1 aromatic rings. The summed E-state index contributed by atoms with van der Waals surface area (Å²) in [5.41, 5.74) is 0.414. The Hall–Kier alpha value is -1.08. The predicted molar refractivity (Wildman–Crippen MR) is 85.3 cm³/mol. The summed E-state index contributed by atoms with van der Waals surface area (Å²) in [6.45, 7) is 9.67. The maximum Gasteiger partial charge on any atom is 0.159 e. The topological polar surface area (TPSA) is 35.9 Å². The molecule has 1 heterocycles. The number of hydrogen-bond donors (Lipinski definition) is 1. The van der Waals surface area contributed by atoms with Crippen molar-refractivity contribution in [1.29, 1.82) is 0 Å². The molecule has 1 aliphatic heterocycles. The Kier molecular flexibility index (Phi) is 6.89. The average Bonchev–Trinajstić information content (AvgIpc) is 2.51. The molecule has 1 aliphatic rings. The van der Waals surface area contributed by atoms with Gasteiger partial charge in [0, 0.05) is 39.3 Å². The zero-order chi connectivity index (χ0) is 16.8. The van der Waals surface area contributed by atoms with Crippen LogP contribution < -0.4 is 0 Å². The van der Waals surface area contributed by atoms with Crippen LogP contribution in [-0.4, -0.2) is 66.9 Å². The Morgan fingerprint density at radius 1 is 1.09 bits per heavy atom. The van der Waals surface area contributed by atoms with Crippen molar-refractivity contribution in [3.63, 3.8) is 0 Å². The second-order valence-corrected chi connectivity index (χ2v) is 6.25. The van der Waals surface area contributed by atoms with Gasteiger partial charge in [0.05, 0.1) is 18.8 Å². The van der Waals surface area contributed by atoms with Gasteiger partial charge in [-0.25, -0.2) is 8.78 Å². The maximum atomic E-state index is 13.2. The molecule has 0 aromatic heterocycles. The third-order valence-corrected chi connectivity index (χ3v) is 4.08. The summed E-state index contributed by atoms with van der Waals surface area (Å²) in [5.74, 6) is -1.81. The molecule has 1 fully saturated rings. The summed E-state index contributed by atoms with van der Waals surface area (Å²) < 4.78 is 31.7. The van der Waals surface area contributed by atoms with E-state index in [0.29, 0.717) is 12.1 Å². The first-order valence-electron chi connectivity index (χ1n) is 8.15. The van der Waals surface area contributed by atoms with Gasteiger partial charge in [-0.05, 0) is 31.5 Å². The first-order chi connectivity index (χ1) is 11.0. The van der Waals surface area contributed by atoms with Gasteiger partial charge in [0.25, 0.3) is 0 Å². The monoisotopic (exact) mass is 328 g/mol. The predicted octanol–water partition coefficient (Wildman–Crippen LogP) is 2.04. The second-order valence-electron chi connectivity index (χ2n) is 6.25. The molecule has 4 nitrogen and oxygen atoms in total. The highest BCUT2D eigenvalue weighted by atomic mass is 19.2. The molecule has 1 aromatic carbocycles. The maximum absolute atomic E-state index is 13.2. The quantitative estimate of drug-likeness (QED) is 0.831. The highest BCUT2D eigenvalue weighted by Gasteiger charge is 2.20. The number of rotatable bonds is 7. The van der Waals surface area contributed by atoms with Gasteiger partial charge in [0.2, 0.25) is 0 Å². The fourth-order valence-corrected chi connectivity index (χ4v) is 2.68.